The Kier molecular flexibility index (Phi) is 5.64. The molecule has 1 heterocycles. The fraction of sp³-hybridized carbons (Fsp3) is 0.933. The highest BCUT2D eigenvalue weighted by molar-refractivity contribution is 5.84. The molecule has 2 atom stereocenters. The van der Waals surface area contributed by atoms with Crippen LogP contribution in [0.4, 0.5) is 0 Å². The molecule has 1 N–H and O–H groups in total. The van der Waals surface area contributed by atoms with Crippen molar-refractivity contribution in [1.29, 1.82) is 0 Å². The Morgan fingerprint density at radius 3 is 2.58 bits per heavy atom. The van der Waals surface area contributed by atoms with Gasteiger partial charge in [-0.2, -0.15) is 0 Å². The van der Waals surface area contributed by atoms with E-state index in [9.17, 15) is 4.79 Å². The Balaban J connectivity index is 1.75. The summed E-state index contributed by atoms with van der Waals surface area (Å²) in [5.74, 6) is 0.251. The van der Waals surface area contributed by atoms with Gasteiger partial charge in [0, 0.05) is 6.54 Å². The quantitative estimate of drug-likeness (QED) is 0.803. The maximum Gasteiger partial charge on any atom is 0.241 e. The first kappa shape index (κ1) is 14.8. The van der Waals surface area contributed by atoms with Crippen LogP contribution in [0.2, 0.25) is 0 Å². The van der Waals surface area contributed by atoms with Crippen LogP contribution < -0.4 is 5.32 Å². The molecule has 2 unspecified atom stereocenters. The fourth-order valence-corrected chi connectivity index (χ4v) is 3.19. The van der Waals surface area contributed by atoms with E-state index in [1.165, 1.54) is 32.1 Å². The number of carbonyl (C=O) groups excluding carboxylic acids is 1. The Morgan fingerprint density at radius 2 is 1.95 bits per heavy atom. The molecule has 2 aliphatic rings. The number of hydrogen-bond donors (Lipinski definition) is 1. The third-order valence-corrected chi connectivity index (χ3v) is 4.38. The number of amides is 1. The summed E-state index contributed by atoms with van der Waals surface area (Å²) < 4.78 is 5.93. The van der Waals surface area contributed by atoms with Gasteiger partial charge in [0.2, 0.25) is 5.91 Å². The van der Waals surface area contributed by atoms with Crippen LogP contribution >= 0.6 is 0 Å². The van der Waals surface area contributed by atoms with Gasteiger partial charge in [-0.15, -0.1) is 0 Å². The molecule has 2 fully saturated rings. The molecule has 4 nitrogen and oxygen atoms in total. The third kappa shape index (κ3) is 3.69. The van der Waals surface area contributed by atoms with Crippen molar-refractivity contribution in [2.24, 2.45) is 0 Å². The highest BCUT2D eigenvalue weighted by Gasteiger charge is 2.36. The first-order valence-corrected chi connectivity index (χ1v) is 7.94. The molecule has 4 heteroatoms. The fourth-order valence-electron chi connectivity index (χ4n) is 3.19. The maximum absolute atomic E-state index is 12.2. The molecule has 110 valence electrons. The van der Waals surface area contributed by atoms with Crippen molar-refractivity contribution in [3.8, 4) is 0 Å². The van der Waals surface area contributed by atoms with E-state index in [-0.39, 0.29) is 18.1 Å². The molecule has 0 aromatic rings. The van der Waals surface area contributed by atoms with Gasteiger partial charge in [-0.3, -0.25) is 10.1 Å². The summed E-state index contributed by atoms with van der Waals surface area (Å²) in [5, 5.41) is 3.40. The van der Waals surface area contributed by atoms with Gasteiger partial charge in [0.15, 0.2) is 0 Å². The monoisotopic (exact) mass is 268 g/mol. The van der Waals surface area contributed by atoms with E-state index in [4.69, 9.17) is 4.74 Å². The van der Waals surface area contributed by atoms with E-state index < -0.39 is 0 Å². The highest BCUT2D eigenvalue weighted by atomic mass is 16.5. The van der Waals surface area contributed by atoms with E-state index in [2.05, 4.69) is 19.2 Å². The minimum atomic E-state index is 0.0135. The van der Waals surface area contributed by atoms with Crippen LogP contribution in [0.1, 0.15) is 58.8 Å². The van der Waals surface area contributed by atoms with Crippen LogP contribution in [0, 0.1) is 0 Å². The van der Waals surface area contributed by atoms with Crippen LogP contribution in [-0.2, 0) is 9.53 Å². The van der Waals surface area contributed by atoms with E-state index in [0.29, 0.717) is 12.7 Å². The Hall–Kier alpha value is -0.610. The molecule has 1 amide bonds. The SMILES string of the molecule is CCC1NC(CC)N(CCOC2CCCCC2)C1=O. The van der Waals surface area contributed by atoms with Crippen LogP contribution in [0.25, 0.3) is 0 Å². The number of carbonyl (C=O) groups is 1. The van der Waals surface area contributed by atoms with Gasteiger partial charge in [0.05, 0.1) is 24.9 Å². The van der Waals surface area contributed by atoms with Crippen molar-refractivity contribution in [2.45, 2.75) is 77.1 Å². The minimum absolute atomic E-state index is 0.0135. The third-order valence-electron chi connectivity index (χ3n) is 4.38. The smallest absolute Gasteiger partial charge is 0.241 e. The van der Waals surface area contributed by atoms with Crippen molar-refractivity contribution < 1.29 is 9.53 Å². The van der Waals surface area contributed by atoms with Gasteiger partial charge >= 0.3 is 0 Å². The van der Waals surface area contributed by atoms with Crippen molar-refractivity contribution >= 4 is 5.91 Å². The van der Waals surface area contributed by atoms with Crippen LogP contribution in [0.5, 0.6) is 0 Å². The number of nitrogens with one attached hydrogen (secondary N) is 1. The zero-order valence-electron chi connectivity index (χ0n) is 12.4. The summed E-state index contributed by atoms with van der Waals surface area (Å²) in [5.41, 5.74) is 0. The van der Waals surface area contributed by atoms with Gasteiger partial charge in [-0.25, -0.2) is 0 Å². The van der Waals surface area contributed by atoms with E-state index >= 15 is 0 Å². The number of hydrogen-bond acceptors (Lipinski definition) is 3. The lowest BCUT2D eigenvalue weighted by Crippen LogP contribution is -2.39. The zero-order valence-corrected chi connectivity index (χ0v) is 12.4. The first-order valence-electron chi connectivity index (χ1n) is 7.94. The summed E-state index contributed by atoms with van der Waals surface area (Å²) in [4.78, 5) is 14.2. The minimum Gasteiger partial charge on any atom is -0.376 e. The van der Waals surface area contributed by atoms with Crippen molar-refractivity contribution in [3.63, 3.8) is 0 Å². The van der Waals surface area contributed by atoms with Crippen LogP contribution in [0.3, 0.4) is 0 Å². The Labute approximate surface area is 116 Å². The average Bonchev–Trinajstić information content (AvgIpc) is 2.76. The largest absolute Gasteiger partial charge is 0.376 e. The highest BCUT2D eigenvalue weighted by Crippen LogP contribution is 2.21. The molecule has 0 spiro atoms. The molecule has 1 aliphatic carbocycles. The lowest BCUT2D eigenvalue weighted by Gasteiger charge is -2.26. The number of rotatable bonds is 6. The molecule has 1 saturated carbocycles. The summed E-state index contributed by atoms with van der Waals surface area (Å²) in [6.07, 6.45) is 8.80. The Morgan fingerprint density at radius 1 is 1.21 bits per heavy atom. The molecule has 1 saturated heterocycles. The normalized spacial score (nSPS) is 29.2. The summed E-state index contributed by atoms with van der Waals surface area (Å²) in [6.45, 7) is 5.60. The topological polar surface area (TPSA) is 41.6 Å². The molecule has 0 aromatic carbocycles. The van der Waals surface area contributed by atoms with Crippen molar-refractivity contribution in [2.75, 3.05) is 13.2 Å². The van der Waals surface area contributed by atoms with Gasteiger partial charge < -0.3 is 9.64 Å². The predicted octanol–water partition coefficient (Wildman–Crippen LogP) is 2.28. The Bertz CT molecular complexity index is 290. The van der Waals surface area contributed by atoms with Gasteiger partial charge in [0.25, 0.3) is 0 Å². The molecule has 0 aromatic heterocycles. The molecular weight excluding hydrogens is 240 g/mol. The van der Waals surface area contributed by atoms with Crippen LogP contribution in [0.15, 0.2) is 0 Å². The van der Waals surface area contributed by atoms with Gasteiger partial charge in [-0.1, -0.05) is 33.1 Å². The molecule has 19 heavy (non-hydrogen) atoms. The summed E-state index contributed by atoms with van der Waals surface area (Å²) >= 11 is 0. The maximum atomic E-state index is 12.2. The molecular formula is C15H28N2O2. The number of ether oxygens (including phenoxy) is 1. The second kappa shape index (κ2) is 7.25. The standard InChI is InChI=1S/C15H28N2O2/c1-3-13-15(18)17(14(4-2)16-13)10-11-19-12-8-6-5-7-9-12/h12-14,16H,3-11H2,1-2H3. The van der Waals surface area contributed by atoms with Crippen molar-refractivity contribution in [1.82, 2.24) is 10.2 Å². The number of nitrogens with zero attached hydrogens (tertiary/aromatic N) is 1. The summed E-state index contributed by atoms with van der Waals surface area (Å²) in [6, 6.07) is 0.0135. The first-order chi connectivity index (χ1) is 9.26. The van der Waals surface area contributed by atoms with E-state index in [0.717, 1.165) is 19.4 Å². The molecule has 0 bridgehead atoms. The average molecular weight is 268 g/mol. The summed E-state index contributed by atoms with van der Waals surface area (Å²) in [7, 11) is 0. The molecule has 1 aliphatic heterocycles. The zero-order chi connectivity index (χ0) is 13.7. The van der Waals surface area contributed by atoms with Gasteiger partial charge in [0.1, 0.15) is 0 Å². The van der Waals surface area contributed by atoms with E-state index in [1.807, 2.05) is 4.90 Å². The second-order valence-corrected chi connectivity index (χ2v) is 5.71. The lowest BCUT2D eigenvalue weighted by molar-refractivity contribution is -0.131. The molecule has 0 radical (unpaired) electrons. The predicted molar refractivity (Wildman–Crippen MR) is 75.8 cm³/mol. The van der Waals surface area contributed by atoms with E-state index in [1.54, 1.807) is 0 Å². The van der Waals surface area contributed by atoms with Crippen molar-refractivity contribution in [3.05, 3.63) is 0 Å². The second-order valence-electron chi connectivity index (χ2n) is 5.71. The lowest BCUT2D eigenvalue weighted by atomic mass is 9.98. The molecule has 2 rings (SSSR count). The van der Waals surface area contributed by atoms with Crippen LogP contribution in [-0.4, -0.2) is 42.3 Å². The van der Waals surface area contributed by atoms with Gasteiger partial charge in [-0.05, 0) is 25.7 Å².